The van der Waals surface area contributed by atoms with Gasteiger partial charge in [0.05, 0.1) is 10.7 Å². The zero-order valence-corrected chi connectivity index (χ0v) is 10.2. The van der Waals surface area contributed by atoms with Crippen LogP contribution in [0.1, 0.15) is 6.92 Å². The number of hydrogen-bond donors (Lipinski definition) is 2. The average molecular weight is 257 g/mol. The molecule has 92 valence electrons. The fourth-order valence-electron chi connectivity index (χ4n) is 1.24. The van der Waals surface area contributed by atoms with Crippen molar-refractivity contribution in [2.75, 3.05) is 11.9 Å². The number of anilines is 1. The molecule has 5 heteroatoms. The molecule has 1 amide bonds. The third-order valence-electron chi connectivity index (χ3n) is 2.14. The van der Waals surface area contributed by atoms with Crippen LogP contribution >= 0.6 is 11.6 Å². The van der Waals surface area contributed by atoms with Crippen LogP contribution in [0.15, 0.2) is 30.9 Å². The standard InChI is InChI=1S/C12H14ClFN2O/c1-3-7-15-12(17)8(2)16-10-6-4-5-9(13)11(10)14/h3-6,8,16H,1,7H2,2H3,(H,15,17). The zero-order chi connectivity index (χ0) is 12.8. The molecule has 0 aromatic heterocycles. The maximum atomic E-state index is 13.5. The van der Waals surface area contributed by atoms with Gasteiger partial charge in [-0.1, -0.05) is 23.7 Å². The number of rotatable bonds is 5. The summed E-state index contributed by atoms with van der Waals surface area (Å²) in [5.41, 5.74) is 0.207. The second-order valence-electron chi connectivity index (χ2n) is 3.50. The Morgan fingerprint density at radius 1 is 1.65 bits per heavy atom. The Bertz CT molecular complexity index is 423. The van der Waals surface area contributed by atoms with Crippen molar-refractivity contribution in [3.8, 4) is 0 Å². The maximum absolute atomic E-state index is 13.5. The number of hydrogen-bond acceptors (Lipinski definition) is 2. The Morgan fingerprint density at radius 2 is 2.35 bits per heavy atom. The molecule has 1 atom stereocenters. The van der Waals surface area contributed by atoms with Gasteiger partial charge in [-0.3, -0.25) is 4.79 Å². The van der Waals surface area contributed by atoms with Crippen LogP contribution in [0.2, 0.25) is 5.02 Å². The van der Waals surface area contributed by atoms with Crippen molar-refractivity contribution in [3.63, 3.8) is 0 Å². The number of carbonyl (C=O) groups excluding carboxylic acids is 1. The van der Waals surface area contributed by atoms with Crippen LogP contribution in [0.3, 0.4) is 0 Å². The van der Waals surface area contributed by atoms with E-state index in [0.717, 1.165) is 0 Å². The van der Waals surface area contributed by atoms with E-state index < -0.39 is 11.9 Å². The molecule has 0 aliphatic rings. The Hall–Kier alpha value is -1.55. The van der Waals surface area contributed by atoms with Crippen molar-refractivity contribution >= 4 is 23.2 Å². The minimum atomic E-state index is -0.558. The highest BCUT2D eigenvalue weighted by Gasteiger charge is 2.14. The van der Waals surface area contributed by atoms with Gasteiger partial charge in [-0.2, -0.15) is 0 Å². The first-order valence-electron chi connectivity index (χ1n) is 5.15. The molecule has 1 unspecified atom stereocenters. The third-order valence-corrected chi connectivity index (χ3v) is 2.43. The van der Waals surface area contributed by atoms with Gasteiger partial charge in [-0.05, 0) is 19.1 Å². The third kappa shape index (κ3) is 3.75. The van der Waals surface area contributed by atoms with Gasteiger partial charge in [0, 0.05) is 6.54 Å². The summed E-state index contributed by atoms with van der Waals surface area (Å²) in [5, 5.41) is 5.39. The zero-order valence-electron chi connectivity index (χ0n) is 9.47. The Balaban J connectivity index is 2.67. The SMILES string of the molecule is C=CCNC(=O)C(C)Nc1cccc(Cl)c1F. The molecule has 0 bridgehead atoms. The van der Waals surface area contributed by atoms with Gasteiger partial charge < -0.3 is 10.6 Å². The van der Waals surface area contributed by atoms with Gasteiger partial charge in [-0.15, -0.1) is 6.58 Å². The lowest BCUT2D eigenvalue weighted by molar-refractivity contribution is -0.121. The van der Waals surface area contributed by atoms with E-state index in [2.05, 4.69) is 17.2 Å². The van der Waals surface area contributed by atoms with Crippen molar-refractivity contribution in [2.24, 2.45) is 0 Å². The van der Waals surface area contributed by atoms with Gasteiger partial charge in [0.2, 0.25) is 5.91 Å². The fraction of sp³-hybridized carbons (Fsp3) is 0.250. The van der Waals surface area contributed by atoms with E-state index in [-0.39, 0.29) is 16.6 Å². The highest BCUT2D eigenvalue weighted by Crippen LogP contribution is 2.22. The number of halogens is 2. The average Bonchev–Trinajstić information content (AvgIpc) is 2.31. The lowest BCUT2D eigenvalue weighted by Crippen LogP contribution is -2.37. The Kier molecular flexibility index (Phi) is 4.97. The smallest absolute Gasteiger partial charge is 0.242 e. The molecule has 1 aromatic rings. The fourth-order valence-corrected chi connectivity index (χ4v) is 1.41. The lowest BCUT2D eigenvalue weighted by Gasteiger charge is -2.15. The quantitative estimate of drug-likeness (QED) is 0.795. The molecule has 0 saturated heterocycles. The molecule has 0 heterocycles. The summed E-state index contributed by atoms with van der Waals surface area (Å²) in [6, 6.07) is 4.04. The Labute approximate surface area is 105 Å². The summed E-state index contributed by atoms with van der Waals surface area (Å²) in [6.07, 6.45) is 1.57. The summed E-state index contributed by atoms with van der Waals surface area (Å²) in [7, 11) is 0. The maximum Gasteiger partial charge on any atom is 0.242 e. The number of carbonyl (C=O) groups is 1. The van der Waals surface area contributed by atoms with Gasteiger partial charge in [0.15, 0.2) is 5.82 Å². The summed E-state index contributed by atoms with van der Waals surface area (Å²) < 4.78 is 13.5. The summed E-state index contributed by atoms with van der Waals surface area (Å²) in [6.45, 7) is 5.50. The monoisotopic (exact) mass is 256 g/mol. The lowest BCUT2D eigenvalue weighted by atomic mass is 10.2. The minimum Gasteiger partial charge on any atom is -0.371 e. The second-order valence-corrected chi connectivity index (χ2v) is 3.91. The van der Waals surface area contributed by atoms with Crippen LogP contribution in [0.4, 0.5) is 10.1 Å². The highest BCUT2D eigenvalue weighted by atomic mass is 35.5. The molecule has 0 radical (unpaired) electrons. The van der Waals surface area contributed by atoms with E-state index in [1.54, 1.807) is 19.1 Å². The molecule has 0 spiro atoms. The number of amides is 1. The molecule has 0 aliphatic heterocycles. The van der Waals surface area contributed by atoms with Gasteiger partial charge in [0.25, 0.3) is 0 Å². The van der Waals surface area contributed by atoms with E-state index >= 15 is 0 Å². The van der Waals surface area contributed by atoms with Crippen molar-refractivity contribution in [2.45, 2.75) is 13.0 Å². The van der Waals surface area contributed by atoms with E-state index in [0.29, 0.717) is 6.54 Å². The molecule has 3 nitrogen and oxygen atoms in total. The Morgan fingerprint density at radius 3 is 3.00 bits per heavy atom. The highest BCUT2D eigenvalue weighted by molar-refractivity contribution is 6.31. The summed E-state index contributed by atoms with van der Waals surface area (Å²) >= 11 is 5.63. The van der Waals surface area contributed by atoms with Crippen molar-refractivity contribution in [1.29, 1.82) is 0 Å². The molecule has 17 heavy (non-hydrogen) atoms. The second kappa shape index (κ2) is 6.25. The van der Waals surface area contributed by atoms with Crippen LogP contribution in [0.25, 0.3) is 0 Å². The van der Waals surface area contributed by atoms with Crippen LogP contribution in [-0.4, -0.2) is 18.5 Å². The van der Waals surface area contributed by atoms with Gasteiger partial charge in [0.1, 0.15) is 6.04 Å². The first-order chi connectivity index (χ1) is 8.06. The molecule has 1 rings (SSSR count). The van der Waals surface area contributed by atoms with Crippen LogP contribution in [-0.2, 0) is 4.79 Å². The first kappa shape index (κ1) is 13.5. The van der Waals surface area contributed by atoms with Crippen LogP contribution in [0, 0.1) is 5.82 Å². The van der Waals surface area contributed by atoms with E-state index in [4.69, 9.17) is 11.6 Å². The largest absolute Gasteiger partial charge is 0.371 e. The van der Waals surface area contributed by atoms with E-state index in [1.165, 1.54) is 12.1 Å². The molecular formula is C12H14ClFN2O. The van der Waals surface area contributed by atoms with Crippen LogP contribution in [0.5, 0.6) is 0 Å². The summed E-state index contributed by atoms with van der Waals surface area (Å²) in [4.78, 5) is 11.5. The van der Waals surface area contributed by atoms with E-state index in [1.807, 2.05) is 0 Å². The van der Waals surface area contributed by atoms with Crippen molar-refractivity contribution in [1.82, 2.24) is 5.32 Å². The molecule has 0 fully saturated rings. The minimum absolute atomic E-state index is 0.0219. The van der Waals surface area contributed by atoms with Gasteiger partial charge in [-0.25, -0.2) is 4.39 Å². The normalized spacial score (nSPS) is 11.7. The predicted molar refractivity (Wildman–Crippen MR) is 67.7 cm³/mol. The van der Waals surface area contributed by atoms with Crippen molar-refractivity contribution < 1.29 is 9.18 Å². The first-order valence-corrected chi connectivity index (χ1v) is 5.53. The molecule has 2 N–H and O–H groups in total. The molecule has 0 saturated carbocycles. The van der Waals surface area contributed by atoms with Gasteiger partial charge >= 0.3 is 0 Å². The van der Waals surface area contributed by atoms with Crippen molar-refractivity contribution in [3.05, 3.63) is 41.7 Å². The number of nitrogens with one attached hydrogen (secondary N) is 2. The van der Waals surface area contributed by atoms with E-state index in [9.17, 15) is 9.18 Å². The molecular weight excluding hydrogens is 243 g/mol. The molecule has 0 aliphatic carbocycles. The summed E-state index contributed by atoms with van der Waals surface area (Å²) in [5.74, 6) is -0.790. The number of benzene rings is 1. The predicted octanol–water partition coefficient (Wildman–Crippen LogP) is 2.58. The molecule has 1 aromatic carbocycles. The topological polar surface area (TPSA) is 41.1 Å². The van der Waals surface area contributed by atoms with Crippen LogP contribution < -0.4 is 10.6 Å².